The summed E-state index contributed by atoms with van der Waals surface area (Å²) >= 11 is 0. The quantitative estimate of drug-likeness (QED) is 0.795. The largest absolute Gasteiger partial charge is 0.329 e. The van der Waals surface area contributed by atoms with E-state index in [1.807, 2.05) is 20.2 Å². The SMILES string of the molecule is Cc1nn(C)cc1C(CN)N1CCN(S(C)(=O)=O)CC1. The normalized spacial score (nSPS) is 20.2. The highest BCUT2D eigenvalue weighted by Gasteiger charge is 2.29. The highest BCUT2D eigenvalue weighted by Crippen LogP contribution is 2.23. The molecule has 7 nitrogen and oxygen atoms in total. The molecule has 2 N–H and O–H groups in total. The van der Waals surface area contributed by atoms with Crippen LogP contribution in [0.2, 0.25) is 0 Å². The minimum absolute atomic E-state index is 0.102. The van der Waals surface area contributed by atoms with E-state index in [0.29, 0.717) is 32.7 Å². The molecule has 0 saturated carbocycles. The molecule has 1 unspecified atom stereocenters. The molecule has 1 aliphatic rings. The number of sulfonamides is 1. The Morgan fingerprint density at radius 1 is 1.35 bits per heavy atom. The number of aryl methyl sites for hydroxylation is 2. The lowest BCUT2D eigenvalue weighted by Gasteiger charge is -2.37. The molecule has 0 aromatic carbocycles. The van der Waals surface area contributed by atoms with Gasteiger partial charge in [0.05, 0.1) is 18.0 Å². The predicted octanol–water partition coefficient (Wildman–Crippen LogP) is -0.694. The Morgan fingerprint density at radius 2 is 1.95 bits per heavy atom. The zero-order chi connectivity index (χ0) is 14.9. The Hall–Kier alpha value is -0.960. The minimum atomic E-state index is -3.09. The molecule has 114 valence electrons. The number of piperazine rings is 1. The molecule has 2 heterocycles. The molecule has 0 bridgehead atoms. The molecule has 2 rings (SSSR count). The van der Waals surface area contributed by atoms with Crippen LogP contribution in [0.3, 0.4) is 0 Å². The number of rotatable bonds is 4. The number of hydrogen-bond acceptors (Lipinski definition) is 5. The monoisotopic (exact) mass is 301 g/mol. The van der Waals surface area contributed by atoms with Crippen LogP contribution in [0.25, 0.3) is 0 Å². The average Bonchev–Trinajstić information content (AvgIpc) is 2.69. The molecule has 0 radical (unpaired) electrons. The smallest absolute Gasteiger partial charge is 0.211 e. The van der Waals surface area contributed by atoms with Crippen molar-refractivity contribution >= 4 is 10.0 Å². The fourth-order valence-corrected chi connectivity index (χ4v) is 3.59. The van der Waals surface area contributed by atoms with E-state index in [1.54, 1.807) is 4.68 Å². The molecule has 1 atom stereocenters. The topological polar surface area (TPSA) is 84.5 Å². The summed E-state index contributed by atoms with van der Waals surface area (Å²) in [5.74, 6) is 0. The van der Waals surface area contributed by atoms with Crippen molar-refractivity contribution in [2.45, 2.75) is 13.0 Å². The molecular weight excluding hydrogens is 278 g/mol. The molecule has 1 aromatic rings. The fourth-order valence-electron chi connectivity index (χ4n) is 2.76. The minimum Gasteiger partial charge on any atom is -0.329 e. The predicted molar refractivity (Wildman–Crippen MR) is 77.7 cm³/mol. The van der Waals surface area contributed by atoms with Crippen molar-refractivity contribution < 1.29 is 8.42 Å². The first kappa shape index (κ1) is 15.4. The van der Waals surface area contributed by atoms with Crippen LogP contribution in [0.1, 0.15) is 17.3 Å². The van der Waals surface area contributed by atoms with Crippen LogP contribution in [0.5, 0.6) is 0 Å². The van der Waals surface area contributed by atoms with Gasteiger partial charge in [-0.25, -0.2) is 8.42 Å². The molecule has 1 fully saturated rings. The molecule has 1 saturated heterocycles. The van der Waals surface area contributed by atoms with E-state index >= 15 is 0 Å². The van der Waals surface area contributed by atoms with E-state index in [-0.39, 0.29) is 6.04 Å². The van der Waals surface area contributed by atoms with E-state index in [1.165, 1.54) is 10.6 Å². The number of aromatic nitrogens is 2. The second-order valence-electron chi connectivity index (χ2n) is 5.29. The third-order valence-electron chi connectivity index (χ3n) is 3.82. The van der Waals surface area contributed by atoms with Crippen LogP contribution in [-0.4, -0.2) is 66.4 Å². The summed E-state index contributed by atoms with van der Waals surface area (Å²) in [5.41, 5.74) is 8.03. The van der Waals surface area contributed by atoms with Gasteiger partial charge >= 0.3 is 0 Å². The number of hydrogen-bond donors (Lipinski definition) is 1. The maximum Gasteiger partial charge on any atom is 0.211 e. The van der Waals surface area contributed by atoms with Crippen molar-refractivity contribution in [1.82, 2.24) is 19.0 Å². The van der Waals surface area contributed by atoms with Crippen LogP contribution >= 0.6 is 0 Å². The lowest BCUT2D eigenvalue weighted by Crippen LogP contribution is -2.50. The second-order valence-corrected chi connectivity index (χ2v) is 7.28. The third kappa shape index (κ3) is 3.20. The van der Waals surface area contributed by atoms with Gasteiger partial charge in [0.1, 0.15) is 0 Å². The highest BCUT2D eigenvalue weighted by atomic mass is 32.2. The zero-order valence-corrected chi connectivity index (χ0v) is 13.1. The maximum absolute atomic E-state index is 11.5. The average molecular weight is 301 g/mol. The van der Waals surface area contributed by atoms with E-state index in [2.05, 4.69) is 10.00 Å². The summed E-state index contributed by atoms with van der Waals surface area (Å²) in [5, 5.41) is 4.36. The standard InChI is InChI=1S/C12H23N5O2S/c1-10-11(9-15(2)14-10)12(8-13)16-4-6-17(7-5-16)20(3,18)19/h9,12H,4-8,13H2,1-3H3. The maximum atomic E-state index is 11.5. The van der Waals surface area contributed by atoms with E-state index in [9.17, 15) is 8.42 Å². The van der Waals surface area contributed by atoms with Gasteiger partial charge in [0.2, 0.25) is 10.0 Å². The first-order chi connectivity index (χ1) is 9.32. The third-order valence-corrected chi connectivity index (χ3v) is 5.12. The summed E-state index contributed by atoms with van der Waals surface area (Å²) in [6.45, 7) is 4.92. The first-order valence-corrected chi connectivity index (χ1v) is 8.57. The summed E-state index contributed by atoms with van der Waals surface area (Å²) in [6.07, 6.45) is 3.25. The molecule has 8 heteroatoms. The van der Waals surface area contributed by atoms with Crippen LogP contribution in [0.15, 0.2) is 6.20 Å². The summed E-state index contributed by atoms with van der Waals surface area (Å²) in [7, 11) is -1.20. The van der Waals surface area contributed by atoms with Gasteiger partial charge in [-0.05, 0) is 6.92 Å². The number of nitrogens with zero attached hydrogens (tertiary/aromatic N) is 4. The van der Waals surface area contributed by atoms with Gasteiger partial charge in [-0.1, -0.05) is 0 Å². The lowest BCUT2D eigenvalue weighted by atomic mass is 10.1. The second kappa shape index (κ2) is 5.80. The molecular formula is C12H23N5O2S. The molecule has 1 aromatic heterocycles. The van der Waals surface area contributed by atoms with Crippen LogP contribution < -0.4 is 5.73 Å². The van der Waals surface area contributed by atoms with Crippen molar-refractivity contribution in [1.29, 1.82) is 0 Å². The van der Waals surface area contributed by atoms with E-state index < -0.39 is 10.0 Å². The fraction of sp³-hybridized carbons (Fsp3) is 0.750. The Bertz CT molecular complexity index is 560. The van der Waals surface area contributed by atoms with Crippen molar-refractivity contribution in [3.05, 3.63) is 17.5 Å². The Balaban J connectivity index is 2.10. The van der Waals surface area contributed by atoms with Crippen LogP contribution in [0.4, 0.5) is 0 Å². The molecule has 0 aliphatic carbocycles. The molecule has 1 aliphatic heterocycles. The van der Waals surface area contributed by atoms with E-state index in [0.717, 1.165) is 11.3 Å². The Kier molecular flexibility index (Phi) is 4.48. The van der Waals surface area contributed by atoms with Gasteiger partial charge in [0.25, 0.3) is 0 Å². The van der Waals surface area contributed by atoms with Crippen LogP contribution in [-0.2, 0) is 17.1 Å². The van der Waals surface area contributed by atoms with Crippen molar-refractivity contribution in [3.8, 4) is 0 Å². The van der Waals surface area contributed by atoms with Gasteiger partial charge < -0.3 is 5.73 Å². The van der Waals surface area contributed by atoms with Crippen molar-refractivity contribution in [2.24, 2.45) is 12.8 Å². The van der Waals surface area contributed by atoms with Gasteiger partial charge in [0.15, 0.2) is 0 Å². The number of nitrogens with two attached hydrogens (primary N) is 1. The summed E-state index contributed by atoms with van der Waals surface area (Å²) < 4.78 is 26.4. The van der Waals surface area contributed by atoms with Gasteiger partial charge in [-0.3, -0.25) is 9.58 Å². The zero-order valence-electron chi connectivity index (χ0n) is 12.3. The van der Waals surface area contributed by atoms with Gasteiger partial charge in [-0.2, -0.15) is 9.40 Å². The van der Waals surface area contributed by atoms with Crippen LogP contribution in [0, 0.1) is 6.92 Å². The molecule has 0 amide bonds. The lowest BCUT2D eigenvalue weighted by molar-refractivity contribution is 0.140. The highest BCUT2D eigenvalue weighted by molar-refractivity contribution is 7.88. The molecule has 0 spiro atoms. The van der Waals surface area contributed by atoms with Gasteiger partial charge in [-0.15, -0.1) is 0 Å². The summed E-state index contributed by atoms with van der Waals surface area (Å²) in [6, 6.07) is 0.102. The summed E-state index contributed by atoms with van der Waals surface area (Å²) in [4.78, 5) is 2.24. The Labute approximate surface area is 120 Å². The van der Waals surface area contributed by atoms with E-state index in [4.69, 9.17) is 5.73 Å². The van der Waals surface area contributed by atoms with Crippen molar-refractivity contribution in [3.63, 3.8) is 0 Å². The first-order valence-electron chi connectivity index (χ1n) is 6.72. The Morgan fingerprint density at radius 3 is 2.35 bits per heavy atom. The van der Waals surface area contributed by atoms with Gasteiger partial charge in [0, 0.05) is 51.5 Å². The van der Waals surface area contributed by atoms with Crippen molar-refractivity contribution in [2.75, 3.05) is 39.0 Å². The molecule has 20 heavy (non-hydrogen) atoms.